The van der Waals surface area contributed by atoms with Crippen LogP contribution in [0.15, 0.2) is 28.7 Å². The fourth-order valence-electron chi connectivity index (χ4n) is 2.93. The summed E-state index contributed by atoms with van der Waals surface area (Å²) in [6.07, 6.45) is 0. The Hall–Kier alpha value is -1.66. The number of nitrogens with one attached hydrogen (secondary N) is 1. The van der Waals surface area contributed by atoms with Crippen molar-refractivity contribution < 1.29 is 4.79 Å². The van der Waals surface area contributed by atoms with Gasteiger partial charge in [0.15, 0.2) is 0 Å². The third-order valence-corrected chi connectivity index (χ3v) is 5.47. The van der Waals surface area contributed by atoms with Crippen molar-refractivity contribution >= 4 is 21.8 Å². The number of piperazine rings is 1. The number of amides is 1. The lowest BCUT2D eigenvalue weighted by atomic mass is 10.1. The van der Waals surface area contributed by atoms with Gasteiger partial charge in [-0.15, -0.1) is 0 Å². The number of aromatic nitrogens is 2. The Labute approximate surface area is 144 Å². The third kappa shape index (κ3) is 3.05. The van der Waals surface area contributed by atoms with Crippen LogP contribution in [-0.4, -0.2) is 46.3 Å². The molecule has 0 unspecified atom stereocenters. The lowest BCUT2D eigenvalue weighted by Crippen LogP contribution is -2.52. The molecule has 1 aromatic carbocycles. The Morgan fingerprint density at radius 1 is 1.30 bits per heavy atom. The van der Waals surface area contributed by atoms with Crippen LogP contribution in [0.25, 0.3) is 5.69 Å². The number of rotatable bonds is 2. The summed E-state index contributed by atoms with van der Waals surface area (Å²) in [5.74, 6) is 0.0973. The number of halogens is 1. The van der Waals surface area contributed by atoms with Gasteiger partial charge in [0.2, 0.25) is 0 Å². The van der Waals surface area contributed by atoms with Gasteiger partial charge in [-0.1, -0.05) is 0 Å². The Kier molecular flexibility index (Phi) is 4.55. The summed E-state index contributed by atoms with van der Waals surface area (Å²) in [6, 6.07) is 7.90. The first-order valence-electron chi connectivity index (χ1n) is 7.83. The first kappa shape index (κ1) is 16.2. The zero-order valence-corrected chi connectivity index (χ0v) is 15.2. The van der Waals surface area contributed by atoms with Crippen LogP contribution in [0.2, 0.25) is 0 Å². The van der Waals surface area contributed by atoms with Crippen molar-refractivity contribution in [2.75, 3.05) is 19.6 Å². The standard InChI is InChI=1S/C17H21BrN4O/c1-11-10-19-8-9-21(11)17(23)14-4-6-15(7-5-14)22-13(3)16(18)12(2)20-22/h4-7,11,19H,8-10H2,1-3H3/t11-/m0/s1. The molecule has 1 N–H and O–H groups in total. The second-order valence-corrected chi connectivity index (χ2v) is 6.79. The maximum Gasteiger partial charge on any atom is 0.254 e. The third-order valence-electron chi connectivity index (χ3n) is 4.32. The number of carbonyl (C=O) groups is 1. The highest BCUT2D eigenvalue weighted by atomic mass is 79.9. The molecule has 0 radical (unpaired) electrons. The summed E-state index contributed by atoms with van der Waals surface area (Å²) in [5.41, 5.74) is 3.69. The molecule has 1 aromatic heterocycles. The second kappa shape index (κ2) is 6.45. The number of hydrogen-bond donors (Lipinski definition) is 1. The molecule has 2 heterocycles. The monoisotopic (exact) mass is 376 g/mol. The summed E-state index contributed by atoms with van der Waals surface area (Å²) in [7, 11) is 0. The highest BCUT2D eigenvalue weighted by Crippen LogP contribution is 2.23. The SMILES string of the molecule is Cc1nn(-c2ccc(C(=O)N3CCNC[C@@H]3C)cc2)c(C)c1Br. The van der Waals surface area contributed by atoms with Gasteiger partial charge in [0.25, 0.3) is 5.91 Å². The molecular formula is C17H21BrN4O. The molecule has 5 nitrogen and oxygen atoms in total. The van der Waals surface area contributed by atoms with Gasteiger partial charge in [0.1, 0.15) is 0 Å². The highest BCUT2D eigenvalue weighted by molar-refractivity contribution is 9.10. The fraction of sp³-hybridized carbons (Fsp3) is 0.412. The molecule has 0 aliphatic carbocycles. The maximum atomic E-state index is 12.7. The average Bonchev–Trinajstić information content (AvgIpc) is 2.82. The normalized spacial score (nSPS) is 18.3. The van der Waals surface area contributed by atoms with Gasteiger partial charge in [0, 0.05) is 31.2 Å². The molecule has 1 aliphatic rings. The Morgan fingerprint density at radius 3 is 2.57 bits per heavy atom. The van der Waals surface area contributed by atoms with Crippen molar-refractivity contribution in [2.24, 2.45) is 0 Å². The van der Waals surface area contributed by atoms with E-state index in [-0.39, 0.29) is 11.9 Å². The lowest BCUT2D eigenvalue weighted by molar-refractivity contribution is 0.0656. The van der Waals surface area contributed by atoms with Gasteiger partial charge in [-0.3, -0.25) is 4.79 Å². The molecule has 2 aromatic rings. The van der Waals surface area contributed by atoms with Crippen LogP contribution >= 0.6 is 15.9 Å². The van der Waals surface area contributed by atoms with E-state index in [1.807, 2.05) is 47.7 Å². The smallest absolute Gasteiger partial charge is 0.254 e. The summed E-state index contributed by atoms with van der Waals surface area (Å²) in [5, 5.41) is 7.83. The number of nitrogens with zero attached hydrogens (tertiary/aromatic N) is 3. The Bertz CT molecular complexity index is 723. The number of benzene rings is 1. The maximum absolute atomic E-state index is 12.7. The van der Waals surface area contributed by atoms with Crippen molar-refractivity contribution in [1.29, 1.82) is 0 Å². The second-order valence-electron chi connectivity index (χ2n) is 6.00. The molecule has 6 heteroatoms. The predicted molar refractivity (Wildman–Crippen MR) is 94.1 cm³/mol. The van der Waals surface area contributed by atoms with Crippen molar-refractivity contribution in [3.8, 4) is 5.69 Å². The van der Waals surface area contributed by atoms with Crippen LogP contribution in [0.3, 0.4) is 0 Å². The number of hydrogen-bond acceptors (Lipinski definition) is 3. The molecule has 1 fully saturated rings. The minimum Gasteiger partial charge on any atom is -0.333 e. The number of aryl methyl sites for hydroxylation is 1. The van der Waals surface area contributed by atoms with Gasteiger partial charge >= 0.3 is 0 Å². The zero-order chi connectivity index (χ0) is 16.6. The molecule has 0 spiro atoms. The average molecular weight is 377 g/mol. The molecule has 1 aliphatic heterocycles. The van der Waals surface area contributed by atoms with Crippen molar-refractivity contribution in [3.63, 3.8) is 0 Å². The molecule has 1 amide bonds. The van der Waals surface area contributed by atoms with E-state index >= 15 is 0 Å². The molecule has 1 saturated heterocycles. The molecular weight excluding hydrogens is 356 g/mol. The van der Waals surface area contributed by atoms with Crippen LogP contribution in [0.1, 0.15) is 28.7 Å². The quantitative estimate of drug-likeness (QED) is 0.876. The van der Waals surface area contributed by atoms with E-state index in [0.29, 0.717) is 0 Å². The minimum atomic E-state index is 0.0973. The topological polar surface area (TPSA) is 50.2 Å². The van der Waals surface area contributed by atoms with E-state index < -0.39 is 0 Å². The predicted octanol–water partition coefficient (Wildman–Crippen LogP) is 2.69. The van der Waals surface area contributed by atoms with Crippen molar-refractivity contribution in [1.82, 2.24) is 20.0 Å². The van der Waals surface area contributed by atoms with Crippen molar-refractivity contribution in [2.45, 2.75) is 26.8 Å². The van der Waals surface area contributed by atoms with E-state index in [4.69, 9.17) is 0 Å². The lowest BCUT2D eigenvalue weighted by Gasteiger charge is -2.34. The van der Waals surface area contributed by atoms with Gasteiger partial charge in [0.05, 0.1) is 21.5 Å². The summed E-state index contributed by atoms with van der Waals surface area (Å²) in [4.78, 5) is 14.6. The Morgan fingerprint density at radius 2 is 2.00 bits per heavy atom. The molecule has 0 saturated carbocycles. The Balaban J connectivity index is 1.84. The van der Waals surface area contributed by atoms with Crippen LogP contribution in [-0.2, 0) is 0 Å². The van der Waals surface area contributed by atoms with Gasteiger partial charge < -0.3 is 10.2 Å². The minimum absolute atomic E-state index is 0.0973. The summed E-state index contributed by atoms with van der Waals surface area (Å²) in [6.45, 7) is 8.53. The molecule has 1 atom stereocenters. The van der Waals surface area contributed by atoms with Crippen LogP contribution in [0.5, 0.6) is 0 Å². The van der Waals surface area contributed by atoms with Crippen LogP contribution in [0.4, 0.5) is 0 Å². The first-order chi connectivity index (χ1) is 11.0. The van der Waals surface area contributed by atoms with Gasteiger partial charge in [-0.2, -0.15) is 5.10 Å². The molecule has 3 rings (SSSR count). The first-order valence-corrected chi connectivity index (χ1v) is 8.62. The van der Waals surface area contributed by atoms with E-state index in [2.05, 4.69) is 33.3 Å². The summed E-state index contributed by atoms with van der Waals surface area (Å²) >= 11 is 3.54. The van der Waals surface area contributed by atoms with E-state index in [1.165, 1.54) is 0 Å². The van der Waals surface area contributed by atoms with Gasteiger partial charge in [-0.05, 0) is 61.0 Å². The highest BCUT2D eigenvalue weighted by Gasteiger charge is 2.24. The molecule has 23 heavy (non-hydrogen) atoms. The molecule has 122 valence electrons. The van der Waals surface area contributed by atoms with Crippen LogP contribution in [0, 0.1) is 13.8 Å². The largest absolute Gasteiger partial charge is 0.333 e. The van der Waals surface area contributed by atoms with E-state index in [9.17, 15) is 4.79 Å². The number of carbonyl (C=O) groups excluding carboxylic acids is 1. The summed E-state index contributed by atoms with van der Waals surface area (Å²) < 4.78 is 2.91. The fourth-order valence-corrected chi connectivity index (χ4v) is 3.18. The van der Waals surface area contributed by atoms with E-state index in [0.717, 1.165) is 46.7 Å². The zero-order valence-electron chi connectivity index (χ0n) is 13.6. The van der Waals surface area contributed by atoms with E-state index in [1.54, 1.807) is 0 Å². The van der Waals surface area contributed by atoms with Gasteiger partial charge in [-0.25, -0.2) is 4.68 Å². The van der Waals surface area contributed by atoms with Crippen LogP contribution < -0.4 is 5.32 Å². The van der Waals surface area contributed by atoms with Crippen molar-refractivity contribution in [3.05, 3.63) is 45.7 Å². The molecule has 0 bridgehead atoms.